The Morgan fingerprint density at radius 2 is 1.92 bits per heavy atom. The van der Waals surface area contributed by atoms with Crippen molar-refractivity contribution >= 4 is 45.7 Å². The molecule has 2 aromatic rings. The molecule has 0 fully saturated rings. The summed E-state index contributed by atoms with van der Waals surface area (Å²) in [5, 5.41) is 0. The zero-order valence-electron chi connectivity index (χ0n) is 14.7. The number of carbonyl (C=O) groups is 3. The minimum Gasteiger partial charge on any atom is -0.469 e. The van der Waals surface area contributed by atoms with Gasteiger partial charge >= 0.3 is 11.9 Å². The summed E-state index contributed by atoms with van der Waals surface area (Å²) in [6.45, 7) is 3.46. The summed E-state index contributed by atoms with van der Waals surface area (Å²) in [4.78, 5) is 37.4. The van der Waals surface area contributed by atoms with Crippen LogP contribution in [0.15, 0.2) is 28.1 Å². The second kappa shape index (κ2) is 7.13. The molecule has 1 aliphatic heterocycles. The first-order chi connectivity index (χ1) is 12.4. The number of aromatic nitrogens is 1. The summed E-state index contributed by atoms with van der Waals surface area (Å²) in [5.41, 5.74) is 2.87. The lowest BCUT2D eigenvalue weighted by Gasteiger charge is -2.21. The molecule has 0 atom stereocenters. The molecule has 26 heavy (non-hydrogen) atoms. The van der Waals surface area contributed by atoms with Gasteiger partial charge in [0.15, 0.2) is 5.78 Å². The smallest absolute Gasteiger partial charge is 0.335 e. The molecule has 2 aromatic heterocycles. The number of thiophene rings is 1. The van der Waals surface area contributed by atoms with E-state index in [0.29, 0.717) is 9.78 Å². The third-order valence-electron chi connectivity index (χ3n) is 4.08. The van der Waals surface area contributed by atoms with E-state index in [9.17, 15) is 14.4 Å². The molecule has 0 unspecified atom stereocenters. The standard InChI is InChI=1S/C18H17NO5S2/c1-9-14-18(25-15(9)10(2)20)26-16(12-6-5-7-19(12)14)11(17(22)24-4)8-13(21)23-3/h5-7H,8H2,1-4H3/b16-11-. The van der Waals surface area contributed by atoms with Gasteiger partial charge in [-0.15, -0.1) is 11.3 Å². The molecular weight excluding hydrogens is 374 g/mol. The number of esters is 2. The fraction of sp³-hybridized carbons (Fsp3) is 0.278. The number of Topliss-reactive ketones (excluding diaryl/α,β-unsaturated/α-hetero) is 1. The van der Waals surface area contributed by atoms with E-state index in [1.54, 1.807) is 6.92 Å². The van der Waals surface area contributed by atoms with Crippen molar-refractivity contribution in [2.24, 2.45) is 0 Å². The van der Waals surface area contributed by atoms with Crippen LogP contribution in [0.25, 0.3) is 10.6 Å². The first-order valence-electron chi connectivity index (χ1n) is 7.77. The van der Waals surface area contributed by atoms with Gasteiger partial charge in [-0.2, -0.15) is 0 Å². The minimum atomic E-state index is -0.575. The number of ketones is 1. The summed E-state index contributed by atoms with van der Waals surface area (Å²) in [6, 6.07) is 3.73. The van der Waals surface area contributed by atoms with Crippen LogP contribution in [0.5, 0.6) is 0 Å². The zero-order chi connectivity index (χ0) is 19.0. The van der Waals surface area contributed by atoms with Gasteiger partial charge in [-0.1, -0.05) is 11.8 Å². The fourth-order valence-corrected chi connectivity index (χ4v) is 5.55. The molecule has 3 heterocycles. The number of ether oxygens (including phenoxy) is 2. The molecule has 0 bridgehead atoms. The van der Waals surface area contributed by atoms with Gasteiger partial charge in [0.25, 0.3) is 0 Å². The van der Waals surface area contributed by atoms with Crippen LogP contribution in [0.1, 0.15) is 34.3 Å². The molecule has 3 rings (SSSR count). The van der Waals surface area contributed by atoms with Crippen LogP contribution in [-0.4, -0.2) is 36.5 Å². The van der Waals surface area contributed by atoms with Crippen molar-refractivity contribution in [3.8, 4) is 5.69 Å². The second-order valence-corrected chi connectivity index (χ2v) is 7.97. The van der Waals surface area contributed by atoms with Gasteiger partial charge in [-0.3, -0.25) is 9.59 Å². The van der Waals surface area contributed by atoms with Crippen LogP contribution in [-0.2, 0) is 19.1 Å². The highest BCUT2D eigenvalue weighted by atomic mass is 32.2. The maximum Gasteiger partial charge on any atom is 0.335 e. The molecule has 8 heteroatoms. The van der Waals surface area contributed by atoms with E-state index in [4.69, 9.17) is 9.47 Å². The Morgan fingerprint density at radius 3 is 2.54 bits per heavy atom. The van der Waals surface area contributed by atoms with Crippen LogP contribution in [0, 0.1) is 6.92 Å². The molecule has 0 radical (unpaired) electrons. The highest BCUT2D eigenvalue weighted by molar-refractivity contribution is 8.10. The van der Waals surface area contributed by atoms with E-state index in [1.807, 2.05) is 29.8 Å². The van der Waals surface area contributed by atoms with Gasteiger partial charge in [0.1, 0.15) is 0 Å². The first-order valence-corrected chi connectivity index (χ1v) is 9.40. The Bertz CT molecular complexity index is 951. The molecule has 0 spiro atoms. The summed E-state index contributed by atoms with van der Waals surface area (Å²) >= 11 is 2.77. The zero-order valence-corrected chi connectivity index (χ0v) is 16.4. The number of hydrogen-bond acceptors (Lipinski definition) is 7. The maximum absolute atomic E-state index is 12.3. The molecule has 0 saturated carbocycles. The predicted octanol–water partition coefficient (Wildman–Crippen LogP) is 3.60. The Kier molecular flexibility index (Phi) is 5.06. The lowest BCUT2D eigenvalue weighted by molar-refractivity contribution is -0.143. The number of methoxy groups -OCH3 is 2. The minimum absolute atomic E-state index is 0.00416. The number of nitrogens with zero attached hydrogens (tertiary/aromatic N) is 1. The highest BCUT2D eigenvalue weighted by Gasteiger charge is 2.31. The average Bonchev–Trinajstić information content (AvgIpc) is 3.22. The predicted molar refractivity (Wildman–Crippen MR) is 99.8 cm³/mol. The third kappa shape index (κ3) is 2.99. The van der Waals surface area contributed by atoms with E-state index < -0.39 is 11.9 Å². The summed E-state index contributed by atoms with van der Waals surface area (Å²) < 4.78 is 12.4. The summed E-state index contributed by atoms with van der Waals surface area (Å²) in [5.74, 6) is -1.09. The van der Waals surface area contributed by atoms with E-state index in [0.717, 1.165) is 21.2 Å². The molecule has 136 valence electrons. The van der Waals surface area contributed by atoms with Gasteiger partial charge in [0.05, 0.1) is 46.7 Å². The van der Waals surface area contributed by atoms with Crippen molar-refractivity contribution in [1.29, 1.82) is 0 Å². The van der Waals surface area contributed by atoms with Crippen LogP contribution in [0.4, 0.5) is 0 Å². The summed E-state index contributed by atoms with van der Waals surface area (Å²) in [7, 11) is 2.56. The monoisotopic (exact) mass is 391 g/mol. The SMILES string of the molecule is COC(=O)C/C(C(=O)OC)=C1/Sc2sc(C(C)=O)c(C)c2-n2cccc21. The Hall–Kier alpha value is -2.32. The normalized spacial score (nSPS) is 14.3. The average molecular weight is 391 g/mol. The van der Waals surface area contributed by atoms with E-state index in [-0.39, 0.29) is 17.8 Å². The summed E-state index contributed by atoms with van der Waals surface area (Å²) in [6.07, 6.45) is 1.69. The van der Waals surface area contributed by atoms with E-state index in [1.165, 1.54) is 37.3 Å². The molecule has 6 nitrogen and oxygen atoms in total. The molecule has 0 N–H and O–H groups in total. The van der Waals surface area contributed by atoms with Crippen molar-refractivity contribution in [2.45, 2.75) is 24.5 Å². The topological polar surface area (TPSA) is 74.6 Å². The first kappa shape index (κ1) is 18.5. The van der Waals surface area contributed by atoms with Gasteiger partial charge in [0.2, 0.25) is 0 Å². The van der Waals surface area contributed by atoms with Crippen molar-refractivity contribution in [3.63, 3.8) is 0 Å². The quantitative estimate of drug-likeness (QED) is 0.450. The number of rotatable bonds is 4. The van der Waals surface area contributed by atoms with Crippen molar-refractivity contribution in [1.82, 2.24) is 4.57 Å². The van der Waals surface area contributed by atoms with Crippen molar-refractivity contribution < 1.29 is 23.9 Å². The van der Waals surface area contributed by atoms with E-state index in [2.05, 4.69) is 0 Å². The lowest BCUT2D eigenvalue weighted by atomic mass is 10.1. The largest absolute Gasteiger partial charge is 0.469 e. The van der Waals surface area contributed by atoms with Crippen molar-refractivity contribution in [2.75, 3.05) is 14.2 Å². The number of hydrogen-bond donors (Lipinski definition) is 0. The number of fused-ring (bicyclic) bond motifs is 3. The van der Waals surface area contributed by atoms with Crippen LogP contribution < -0.4 is 0 Å². The van der Waals surface area contributed by atoms with Gasteiger partial charge in [-0.25, -0.2) is 4.79 Å². The van der Waals surface area contributed by atoms with Gasteiger partial charge in [-0.05, 0) is 31.5 Å². The number of thioether (sulfide) groups is 1. The fourth-order valence-electron chi connectivity index (χ4n) is 2.87. The highest BCUT2D eigenvalue weighted by Crippen LogP contribution is 2.51. The molecule has 1 aliphatic rings. The number of carbonyl (C=O) groups excluding carboxylic acids is 3. The Labute approximate surface area is 158 Å². The maximum atomic E-state index is 12.3. The van der Waals surface area contributed by atoms with E-state index >= 15 is 0 Å². The molecule has 0 amide bonds. The lowest BCUT2D eigenvalue weighted by Crippen LogP contribution is -2.15. The van der Waals surface area contributed by atoms with Crippen LogP contribution in [0.2, 0.25) is 0 Å². The third-order valence-corrected chi connectivity index (χ3v) is 6.79. The van der Waals surface area contributed by atoms with Crippen LogP contribution in [0.3, 0.4) is 0 Å². The molecule has 0 aromatic carbocycles. The van der Waals surface area contributed by atoms with Gasteiger partial charge in [0, 0.05) is 11.1 Å². The molecule has 0 saturated heterocycles. The second-order valence-electron chi connectivity index (χ2n) is 5.67. The molecule has 0 aliphatic carbocycles. The Balaban J connectivity index is 2.23. The van der Waals surface area contributed by atoms with Crippen LogP contribution >= 0.6 is 23.1 Å². The van der Waals surface area contributed by atoms with Crippen molar-refractivity contribution in [3.05, 3.63) is 40.0 Å². The Morgan fingerprint density at radius 1 is 1.19 bits per heavy atom. The molecular formula is C18H17NO5S2. The van der Waals surface area contributed by atoms with Gasteiger partial charge < -0.3 is 14.0 Å².